The van der Waals surface area contributed by atoms with Crippen LogP contribution >= 0.6 is 0 Å². The van der Waals surface area contributed by atoms with E-state index in [-0.39, 0.29) is 18.4 Å². The first-order chi connectivity index (χ1) is 7.13. The molecule has 2 amide bonds. The van der Waals surface area contributed by atoms with Crippen molar-refractivity contribution in [2.24, 2.45) is 5.92 Å². The van der Waals surface area contributed by atoms with Crippen molar-refractivity contribution in [1.82, 2.24) is 4.90 Å². The number of hydrogen-bond acceptors (Lipinski definition) is 3. The van der Waals surface area contributed by atoms with Gasteiger partial charge in [-0.3, -0.25) is 14.5 Å². The first-order valence-corrected chi connectivity index (χ1v) is 4.78. The van der Waals surface area contributed by atoms with Crippen LogP contribution in [-0.2, 0) is 14.3 Å². The number of carbonyl (C=O) groups excluding carboxylic acids is 2. The lowest BCUT2D eigenvalue weighted by Crippen LogP contribution is -2.29. The Hall–Kier alpha value is -1.42. The Morgan fingerprint density at radius 1 is 1.33 bits per heavy atom. The molecule has 0 radical (unpaired) electrons. The molecule has 1 aliphatic rings. The highest BCUT2D eigenvalue weighted by atomic mass is 16.5. The molecule has 1 rings (SSSR count). The van der Waals surface area contributed by atoms with Crippen LogP contribution in [0.1, 0.15) is 6.42 Å². The molecule has 1 aliphatic heterocycles. The number of amides is 2. The van der Waals surface area contributed by atoms with Crippen molar-refractivity contribution in [3.63, 3.8) is 0 Å². The molecule has 0 aromatic carbocycles. The zero-order valence-electron chi connectivity index (χ0n) is 8.81. The van der Waals surface area contributed by atoms with E-state index < -0.39 is 12.0 Å². The highest BCUT2D eigenvalue weighted by molar-refractivity contribution is 6.06. The largest absolute Gasteiger partial charge is 0.363 e. The minimum atomic E-state index is -0.682. The summed E-state index contributed by atoms with van der Waals surface area (Å²) in [5, 5.41) is 0. The van der Waals surface area contributed by atoms with Crippen molar-refractivity contribution >= 4 is 11.8 Å². The Balaban J connectivity index is 2.79. The third-order valence-corrected chi connectivity index (χ3v) is 2.40. The van der Waals surface area contributed by atoms with Gasteiger partial charge < -0.3 is 4.74 Å². The monoisotopic (exact) mass is 209 g/mol. The molecule has 1 heterocycles. The Morgan fingerprint density at radius 2 is 2.00 bits per heavy atom. The van der Waals surface area contributed by atoms with Gasteiger partial charge in [-0.25, -0.2) is 0 Å². The average molecular weight is 209 g/mol. The van der Waals surface area contributed by atoms with Crippen LogP contribution in [-0.4, -0.2) is 36.5 Å². The second-order valence-corrected chi connectivity index (χ2v) is 3.41. The Bertz CT molecular complexity index is 298. The number of nitrogens with zero attached hydrogens (tertiary/aromatic N) is 1. The fraction of sp³-hybridized carbons (Fsp3) is 0.455. The molecule has 0 aromatic heterocycles. The predicted octanol–water partition coefficient (Wildman–Crippen LogP) is 0.749. The molecule has 0 unspecified atom stereocenters. The van der Waals surface area contributed by atoms with Gasteiger partial charge in [-0.1, -0.05) is 12.2 Å². The zero-order valence-corrected chi connectivity index (χ0v) is 8.81. The van der Waals surface area contributed by atoms with Crippen molar-refractivity contribution in [2.45, 2.75) is 12.5 Å². The van der Waals surface area contributed by atoms with Crippen molar-refractivity contribution in [3.05, 3.63) is 25.3 Å². The molecule has 0 bridgehead atoms. The first kappa shape index (κ1) is 11.7. The molecule has 4 heteroatoms. The molecular formula is C11H15NO3. The standard InChI is InChI=1S/C11H15NO3/c1-4-6-8-9(15-7-5-2)11(14)12(3)10(8)13/h4-5,8-9H,1-2,6-7H2,3H3/t8-,9-/m0/s1. The van der Waals surface area contributed by atoms with E-state index in [1.165, 1.54) is 7.05 Å². The van der Waals surface area contributed by atoms with E-state index in [1.807, 2.05) is 0 Å². The Kier molecular flexibility index (Phi) is 3.80. The molecular weight excluding hydrogens is 194 g/mol. The summed E-state index contributed by atoms with van der Waals surface area (Å²) in [5.41, 5.74) is 0. The highest BCUT2D eigenvalue weighted by Gasteiger charge is 2.45. The summed E-state index contributed by atoms with van der Waals surface area (Å²) in [7, 11) is 1.47. The SMILES string of the molecule is C=CCO[C@@H]1C(=O)N(C)C(=O)[C@H]1CC=C. The van der Waals surface area contributed by atoms with Crippen LogP contribution in [0, 0.1) is 5.92 Å². The number of likely N-dealkylation sites (tertiary alicyclic amines) is 1. The fourth-order valence-electron chi connectivity index (χ4n) is 1.61. The number of imide groups is 1. The highest BCUT2D eigenvalue weighted by Crippen LogP contribution is 2.24. The summed E-state index contributed by atoms with van der Waals surface area (Å²) in [6.07, 6.45) is 2.95. The third-order valence-electron chi connectivity index (χ3n) is 2.40. The number of carbonyl (C=O) groups is 2. The molecule has 0 saturated carbocycles. The van der Waals surface area contributed by atoms with E-state index in [9.17, 15) is 9.59 Å². The summed E-state index contributed by atoms with van der Waals surface area (Å²) < 4.78 is 5.29. The van der Waals surface area contributed by atoms with Gasteiger partial charge in [0.25, 0.3) is 5.91 Å². The molecule has 15 heavy (non-hydrogen) atoms. The fourth-order valence-corrected chi connectivity index (χ4v) is 1.61. The summed E-state index contributed by atoms with van der Waals surface area (Å²) in [4.78, 5) is 24.4. The average Bonchev–Trinajstić information content (AvgIpc) is 2.42. The topological polar surface area (TPSA) is 46.6 Å². The molecule has 0 spiro atoms. The van der Waals surface area contributed by atoms with Crippen LogP contribution in [0.3, 0.4) is 0 Å². The van der Waals surface area contributed by atoms with Gasteiger partial charge in [-0.15, -0.1) is 13.2 Å². The zero-order chi connectivity index (χ0) is 11.4. The van der Waals surface area contributed by atoms with Crippen LogP contribution in [0.5, 0.6) is 0 Å². The lowest BCUT2D eigenvalue weighted by molar-refractivity contribution is -0.140. The molecule has 0 aromatic rings. The van der Waals surface area contributed by atoms with Crippen molar-refractivity contribution in [2.75, 3.05) is 13.7 Å². The predicted molar refractivity (Wildman–Crippen MR) is 56.0 cm³/mol. The minimum Gasteiger partial charge on any atom is -0.363 e. The molecule has 82 valence electrons. The molecule has 0 N–H and O–H groups in total. The minimum absolute atomic E-state index is 0.200. The molecule has 1 fully saturated rings. The Labute approximate surface area is 89.2 Å². The summed E-state index contributed by atoms with van der Waals surface area (Å²) in [6, 6.07) is 0. The van der Waals surface area contributed by atoms with Crippen LogP contribution in [0.15, 0.2) is 25.3 Å². The van der Waals surface area contributed by atoms with E-state index in [2.05, 4.69) is 13.2 Å². The van der Waals surface area contributed by atoms with Gasteiger partial charge in [0.15, 0.2) is 0 Å². The van der Waals surface area contributed by atoms with E-state index in [0.717, 1.165) is 4.90 Å². The third kappa shape index (κ3) is 2.15. The number of ether oxygens (including phenoxy) is 1. The number of hydrogen-bond donors (Lipinski definition) is 0. The van der Waals surface area contributed by atoms with Crippen molar-refractivity contribution < 1.29 is 14.3 Å². The molecule has 0 aliphatic carbocycles. The summed E-state index contributed by atoms with van der Waals surface area (Å²) in [6.45, 7) is 7.34. The van der Waals surface area contributed by atoms with Gasteiger partial charge in [-0.2, -0.15) is 0 Å². The van der Waals surface area contributed by atoms with Crippen molar-refractivity contribution in [1.29, 1.82) is 0 Å². The van der Waals surface area contributed by atoms with E-state index >= 15 is 0 Å². The molecule has 1 saturated heterocycles. The van der Waals surface area contributed by atoms with Gasteiger partial charge in [0.2, 0.25) is 5.91 Å². The molecule has 4 nitrogen and oxygen atoms in total. The van der Waals surface area contributed by atoms with Crippen LogP contribution in [0.25, 0.3) is 0 Å². The summed E-state index contributed by atoms with van der Waals surface area (Å²) >= 11 is 0. The van der Waals surface area contributed by atoms with E-state index in [4.69, 9.17) is 4.74 Å². The van der Waals surface area contributed by atoms with Gasteiger partial charge in [0.05, 0.1) is 12.5 Å². The number of likely N-dealkylation sites (N-methyl/N-ethyl adjacent to an activating group) is 1. The van der Waals surface area contributed by atoms with E-state index in [1.54, 1.807) is 12.2 Å². The maximum atomic E-state index is 11.6. The van der Waals surface area contributed by atoms with E-state index in [0.29, 0.717) is 6.42 Å². The second-order valence-electron chi connectivity index (χ2n) is 3.41. The second kappa shape index (κ2) is 4.89. The quantitative estimate of drug-likeness (QED) is 0.496. The van der Waals surface area contributed by atoms with Crippen LogP contribution in [0.4, 0.5) is 0 Å². The van der Waals surface area contributed by atoms with Gasteiger partial charge in [0, 0.05) is 7.05 Å². The maximum absolute atomic E-state index is 11.6. The van der Waals surface area contributed by atoms with Crippen LogP contribution < -0.4 is 0 Å². The maximum Gasteiger partial charge on any atom is 0.258 e. The lowest BCUT2D eigenvalue weighted by atomic mass is 10.0. The van der Waals surface area contributed by atoms with Crippen molar-refractivity contribution in [3.8, 4) is 0 Å². The first-order valence-electron chi connectivity index (χ1n) is 4.78. The lowest BCUT2D eigenvalue weighted by Gasteiger charge is -2.12. The van der Waals surface area contributed by atoms with Crippen LogP contribution in [0.2, 0.25) is 0 Å². The normalized spacial score (nSPS) is 25.8. The smallest absolute Gasteiger partial charge is 0.258 e. The number of rotatable bonds is 5. The molecule has 2 atom stereocenters. The summed E-state index contributed by atoms with van der Waals surface area (Å²) in [5.74, 6) is -0.914. The van der Waals surface area contributed by atoms with Gasteiger partial charge in [0.1, 0.15) is 6.10 Å². The van der Waals surface area contributed by atoms with Gasteiger partial charge >= 0.3 is 0 Å². The Morgan fingerprint density at radius 3 is 2.53 bits per heavy atom. The number of allylic oxidation sites excluding steroid dienone is 1. The van der Waals surface area contributed by atoms with Gasteiger partial charge in [-0.05, 0) is 6.42 Å².